The second kappa shape index (κ2) is 13.1. The van der Waals surface area contributed by atoms with Crippen molar-refractivity contribution in [3.63, 3.8) is 0 Å². The molecule has 1 fully saturated rings. The molecular formula is C26H25ClIN5O3S. The first kappa shape index (κ1) is 27.2. The highest BCUT2D eigenvalue weighted by Crippen LogP contribution is 2.34. The quantitative estimate of drug-likeness (QED) is 0.238. The van der Waals surface area contributed by atoms with Gasteiger partial charge >= 0.3 is 5.91 Å². The fourth-order valence-corrected chi connectivity index (χ4v) is 4.33. The van der Waals surface area contributed by atoms with Crippen LogP contribution in [0.15, 0.2) is 54.6 Å². The number of amides is 1. The number of aromatic nitrogens is 1. The van der Waals surface area contributed by atoms with Crippen molar-refractivity contribution in [3.8, 4) is 28.6 Å². The van der Waals surface area contributed by atoms with Gasteiger partial charge in [-0.05, 0) is 57.6 Å². The van der Waals surface area contributed by atoms with Crippen molar-refractivity contribution in [2.24, 2.45) is 0 Å². The minimum absolute atomic E-state index is 0.226. The highest BCUT2D eigenvalue weighted by atomic mass is 127. The van der Waals surface area contributed by atoms with Gasteiger partial charge < -0.3 is 29.9 Å². The van der Waals surface area contributed by atoms with E-state index >= 15 is 0 Å². The lowest BCUT2D eigenvalue weighted by molar-refractivity contribution is -0.111. The maximum atomic E-state index is 11.9. The Kier molecular flexibility index (Phi) is 9.62. The van der Waals surface area contributed by atoms with Gasteiger partial charge in [-0.25, -0.2) is 0 Å². The monoisotopic (exact) mass is 649 g/mol. The zero-order valence-corrected chi connectivity index (χ0v) is 24.0. The number of nitrogens with one attached hydrogen (secondary N) is 2. The van der Waals surface area contributed by atoms with Gasteiger partial charge in [-0.15, -0.1) is 0 Å². The molecule has 1 aromatic heterocycles. The van der Waals surface area contributed by atoms with Crippen LogP contribution in [0, 0.1) is 11.2 Å². The van der Waals surface area contributed by atoms with Gasteiger partial charge in [-0.1, -0.05) is 17.7 Å². The number of piperazine rings is 1. The molecule has 0 radical (unpaired) electrons. The van der Waals surface area contributed by atoms with Gasteiger partial charge in [0.15, 0.2) is 0 Å². The molecule has 4 rings (SSSR count). The third-order valence-corrected chi connectivity index (χ3v) is 6.77. The number of carbonyl (C=O) groups excluding carboxylic acids is 1. The largest absolute Gasteiger partial charge is 0.494 e. The average Bonchev–Trinajstić information content (AvgIpc) is 2.90. The van der Waals surface area contributed by atoms with Gasteiger partial charge in [0.1, 0.15) is 22.3 Å². The molecule has 1 aliphatic heterocycles. The Balaban J connectivity index is 1.48. The van der Waals surface area contributed by atoms with Crippen LogP contribution in [-0.4, -0.2) is 56.1 Å². The second-order valence-electron chi connectivity index (χ2n) is 8.17. The van der Waals surface area contributed by atoms with Crippen LogP contribution < -0.4 is 25.0 Å². The zero-order valence-electron chi connectivity index (χ0n) is 20.3. The normalized spacial score (nSPS) is 13.4. The first-order valence-electron chi connectivity index (χ1n) is 11.4. The molecule has 0 unspecified atom stereocenters. The van der Waals surface area contributed by atoms with Gasteiger partial charge in [0.25, 0.3) is 0 Å². The minimum atomic E-state index is -0.406. The summed E-state index contributed by atoms with van der Waals surface area (Å²) in [5.41, 5.74) is 2.44. The summed E-state index contributed by atoms with van der Waals surface area (Å²) < 4.78 is 11.6. The van der Waals surface area contributed by atoms with Crippen molar-refractivity contribution in [2.75, 3.05) is 55.9 Å². The minimum Gasteiger partial charge on any atom is -0.494 e. The van der Waals surface area contributed by atoms with Crippen LogP contribution in [0.3, 0.4) is 0 Å². The molecule has 0 aliphatic carbocycles. The number of anilines is 4. The zero-order chi connectivity index (χ0) is 26.2. The van der Waals surface area contributed by atoms with E-state index in [2.05, 4.69) is 49.7 Å². The number of likely N-dealkylation sites (N-methyl/N-ethyl adjacent to an activating group) is 1. The number of pyridine rings is 1. The highest BCUT2D eigenvalue weighted by Gasteiger charge is 2.16. The first-order valence-corrected chi connectivity index (χ1v) is 15.1. The number of methoxy groups -OCH3 is 1. The van der Waals surface area contributed by atoms with Gasteiger partial charge in [-0.2, -0.15) is 4.98 Å². The van der Waals surface area contributed by atoms with E-state index < -0.39 is 5.91 Å². The number of benzene rings is 2. The van der Waals surface area contributed by atoms with Gasteiger partial charge in [0.05, 0.1) is 12.8 Å². The van der Waals surface area contributed by atoms with Crippen LogP contribution in [0.25, 0.3) is 0 Å². The highest BCUT2D eigenvalue weighted by molar-refractivity contribution is 14.2. The maximum Gasteiger partial charge on any atom is 0.301 e. The predicted octanol–water partition coefficient (Wildman–Crippen LogP) is 6.01. The second-order valence-corrected chi connectivity index (χ2v) is 10.3. The molecule has 1 aliphatic rings. The molecule has 37 heavy (non-hydrogen) atoms. The van der Waals surface area contributed by atoms with E-state index in [1.807, 2.05) is 33.3 Å². The van der Waals surface area contributed by atoms with Crippen molar-refractivity contribution in [2.45, 2.75) is 0 Å². The van der Waals surface area contributed by atoms with Crippen LogP contribution in [0.1, 0.15) is 0 Å². The number of rotatable bonds is 7. The average molecular weight is 650 g/mol. The predicted molar refractivity (Wildman–Crippen MR) is 160 cm³/mol. The number of ether oxygens (including phenoxy) is 2. The molecular weight excluding hydrogens is 625 g/mol. The summed E-state index contributed by atoms with van der Waals surface area (Å²) in [4.78, 5) is 21.1. The molecule has 0 spiro atoms. The van der Waals surface area contributed by atoms with Crippen LogP contribution >= 0.6 is 41.7 Å². The summed E-state index contributed by atoms with van der Waals surface area (Å²) in [7, 11) is 5.03. The van der Waals surface area contributed by atoms with E-state index in [0.717, 1.165) is 37.6 Å². The number of halogens is 2. The van der Waals surface area contributed by atoms with Crippen molar-refractivity contribution in [3.05, 3.63) is 59.6 Å². The van der Waals surface area contributed by atoms with E-state index in [-0.39, 0.29) is 5.88 Å². The van der Waals surface area contributed by atoms with E-state index in [4.69, 9.17) is 21.1 Å². The van der Waals surface area contributed by atoms with Crippen molar-refractivity contribution in [1.82, 2.24) is 9.88 Å². The molecule has 1 amide bonds. The molecule has 0 bridgehead atoms. The standard InChI is InChI=1S/C26H25ClIN5O3S/c1-32-11-13-33(14-12-32)19-6-8-22(23(17-19)35-2)30-24-9-7-21(27)26(31-24)36-20-5-3-4-18(16-20)29-25(34)10-15-37-28/h3-9,16-17H,11-14H2,1-2H3,(H,29,34)(H,30,31). The van der Waals surface area contributed by atoms with Crippen molar-refractivity contribution >= 4 is 70.5 Å². The fourth-order valence-electron chi connectivity index (χ4n) is 3.72. The number of hydrogen-bond acceptors (Lipinski definition) is 8. The Morgan fingerprint density at radius 3 is 2.70 bits per heavy atom. The molecule has 0 saturated carbocycles. The fraction of sp³-hybridized carbons (Fsp3) is 0.231. The Bertz CT molecular complexity index is 1330. The molecule has 8 nitrogen and oxygen atoms in total. The Morgan fingerprint density at radius 1 is 1.14 bits per heavy atom. The van der Waals surface area contributed by atoms with Crippen LogP contribution in [0.4, 0.5) is 22.9 Å². The molecule has 1 saturated heterocycles. The van der Waals surface area contributed by atoms with Crippen LogP contribution in [0.5, 0.6) is 17.4 Å². The molecule has 192 valence electrons. The third kappa shape index (κ3) is 7.58. The number of nitrogens with zero attached hydrogens (tertiary/aromatic N) is 3. The van der Waals surface area contributed by atoms with E-state index in [0.29, 0.717) is 28.0 Å². The summed E-state index contributed by atoms with van der Waals surface area (Å²) in [5.74, 6) is 4.02. The lowest BCUT2D eigenvalue weighted by Gasteiger charge is -2.34. The SMILES string of the molecule is COc1cc(N2CCN(C)CC2)ccc1Nc1ccc(Cl)c(Oc2cccc(NC(=O)C#CSI)c2)n1. The molecule has 2 N–H and O–H groups in total. The summed E-state index contributed by atoms with van der Waals surface area (Å²) in [6, 6.07) is 16.5. The number of carbonyl (C=O) groups is 1. The Morgan fingerprint density at radius 2 is 1.95 bits per heavy atom. The lowest BCUT2D eigenvalue weighted by Crippen LogP contribution is -2.44. The smallest absolute Gasteiger partial charge is 0.301 e. The lowest BCUT2D eigenvalue weighted by atomic mass is 10.2. The Labute approximate surface area is 237 Å². The maximum absolute atomic E-state index is 11.9. The van der Waals surface area contributed by atoms with Crippen LogP contribution in [0.2, 0.25) is 5.02 Å². The summed E-state index contributed by atoms with van der Waals surface area (Å²) in [5, 5.41) is 9.00. The molecule has 2 aromatic carbocycles. The number of hydrogen-bond donors (Lipinski definition) is 2. The third-order valence-electron chi connectivity index (χ3n) is 5.64. The molecule has 11 heteroatoms. The van der Waals surface area contributed by atoms with E-state index in [1.54, 1.807) is 43.5 Å². The topological polar surface area (TPSA) is 79.0 Å². The van der Waals surface area contributed by atoms with Crippen molar-refractivity contribution in [1.29, 1.82) is 0 Å². The van der Waals surface area contributed by atoms with E-state index in [1.165, 1.54) is 8.93 Å². The Hall–Kier alpha value is -2.85. The first-order chi connectivity index (χ1) is 17.9. The van der Waals surface area contributed by atoms with Gasteiger partial charge in [-0.3, -0.25) is 4.79 Å². The van der Waals surface area contributed by atoms with Crippen molar-refractivity contribution < 1.29 is 14.3 Å². The van der Waals surface area contributed by atoms with Gasteiger partial charge in [0, 0.05) is 76.8 Å². The molecule has 3 aromatic rings. The molecule has 2 heterocycles. The van der Waals surface area contributed by atoms with Gasteiger partial charge in [0.2, 0.25) is 5.88 Å². The summed E-state index contributed by atoms with van der Waals surface area (Å²) in [6.07, 6.45) is 0. The summed E-state index contributed by atoms with van der Waals surface area (Å²) >= 11 is 8.37. The molecule has 0 atom stereocenters. The van der Waals surface area contributed by atoms with E-state index in [9.17, 15) is 4.79 Å². The van der Waals surface area contributed by atoms with Crippen LogP contribution in [-0.2, 0) is 4.79 Å². The summed E-state index contributed by atoms with van der Waals surface area (Å²) in [6.45, 7) is 4.01.